The molecule has 3 fully saturated rings. The molecule has 1 aromatic rings. The zero-order chi connectivity index (χ0) is 18.1. The summed E-state index contributed by atoms with van der Waals surface area (Å²) in [5, 5.41) is 0. The van der Waals surface area contributed by atoms with Crippen LogP contribution in [0.15, 0.2) is 30.3 Å². The highest BCUT2D eigenvalue weighted by atomic mass is 16.2. The molecule has 4 rings (SSSR count). The Labute approximate surface area is 153 Å². The van der Waals surface area contributed by atoms with E-state index in [1.807, 2.05) is 18.2 Å². The number of imide groups is 1. The van der Waals surface area contributed by atoms with Gasteiger partial charge in [0.25, 0.3) is 0 Å². The van der Waals surface area contributed by atoms with Crippen molar-refractivity contribution in [2.45, 2.75) is 25.7 Å². The molecule has 2 aliphatic heterocycles. The van der Waals surface area contributed by atoms with Crippen LogP contribution in [0, 0.1) is 11.8 Å². The Hall–Kier alpha value is -2.37. The van der Waals surface area contributed by atoms with E-state index in [-0.39, 0.29) is 36.1 Å². The number of fused-ring (bicyclic) bond motifs is 1. The van der Waals surface area contributed by atoms with E-state index >= 15 is 0 Å². The lowest BCUT2D eigenvalue weighted by molar-refractivity contribution is -0.146. The Morgan fingerprint density at radius 3 is 2.04 bits per heavy atom. The third-order valence-electron chi connectivity index (χ3n) is 5.98. The van der Waals surface area contributed by atoms with Crippen molar-refractivity contribution < 1.29 is 14.4 Å². The number of hydrogen-bond donors (Lipinski definition) is 0. The number of rotatable bonds is 3. The lowest BCUT2D eigenvalue weighted by atomic mass is 9.81. The summed E-state index contributed by atoms with van der Waals surface area (Å²) in [6.07, 6.45) is 3.58. The lowest BCUT2D eigenvalue weighted by Crippen LogP contribution is -2.52. The first-order valence-corrected chi connectivity index (χ1v) is 9.58. The van der Waals surface area contributed by atoms with E-state index in [4.69, 9.17) is 0 Å². The van der Waals surface area contributed by atoms with Gasteiger partial charge < -0.3 is 9.80 Å². The van der Waals surface area contributed by atoms with Gasteiger partial charge in [0.2, 0.25) is 17.7 Å². The van der Waals surface area contributed by atoms with Crippen molar-refractivity contribution >= 4 is 23.4 Å². The Bertz CT molecular complexity index is 674. The average molecular weight is 355 g/mol. The van der Waals surface area contributed by atoms with Crippen LogP contribution in [0.3, 0.4) is 0 Å². The summed E-state index contributed by atoms with van der Waals surface area (Å²) >= 11 is 0. The molecular formula is C20H25N3O3. The summed E-state index contributed by atoms with van der Waals surface area (Å²) < 4.78 is 0. The van der Waals surface area contributed by atoms with Crippen molar-refractivity contribution in [2.75, 3.05) is 37.6 Å². The van der Waals surface area contributed by atoms with Crippen LogP contribution >= 0.6 is 0 Å². The number of nitrogens with zero attached hydrogens (tertiary/aromatic N) is 3. The minimum absolute atomic E-state index is 0.0873. The normalized spacial score (nSPS) is 26.2. The van der Waals surface area contributed by atoms with Crippen molar-refractivity contribution in [1.82, 2.24) is 9.80 Å². The van der Waals surface area contributed by atoms with Crippen molar-refractivity contribution in [3.8, 4) is 0 Å². The standard InChI is InChI=1S/C20H25N3O3/c24-18(14-23-19(25)16-8-4-5-9-17(16)20(23)26)22-12-10-21(11-13-22)15-6-2-1-3-7-15/h1-3,6-7,16-17H,4-5,8-14H2/t16-,17-/m0/s1. The van der Waals surface area contributed by atoms with Gasteiger partial charge in [0.15, 0.2) is 0 Å². The highest BCUT2D eigenvalue weighted by Crippen LogP contribution is 2.37. The number of para-hydroxylation sites is 1. The largest absolute Gasteiger partial charge is 0.368 e. The molecule has 138 valence electrons. The van der Waals surface area contributed by atoms with E-state index < -0.39 is 0 Å². The molecular weight excluding hydrogens is 330 g/mol. The first kappa shape index (κ1) is 17.1. The number of anilines is 1. The molecule has 1 aromatic carbocycles. The van der Waals surface area contributed by atoms with E-state index in [2.05, 4.69) is 17.0 Å². The molecule has 0 bridgehead atoms. The molecule has 0 N–H and O–H groups in total. The van der Waals surface area contributed by atoms with Crippen molar-refractivity contribution in [3.05, 3.63) is 30.3 Å². The number of piperazine rings is 1. The lowest BCUT2D eigenvalue weighted by Gasteiger charge is -2.36. The summed E-state index contributed by atoms with van der Waals surface area (Å²) in [6.45, 7) is 2.69. The number of amides is 3. The van der Waals surface area contributed by atoms with Crippen molar-refractivity contribution in [1.29, 1.82) is 0 Å². The van der Waals surface area contributed by atoms with Crippen LogP contribution in [-0.2, 0) is 14.4 Å². The summed E-state index contributed by atoms with van der Waals surface area (Å²) in [7, 11) is 0. The maximum Gasteiger partial charge on any atom is 0.242 e. The van der Waals surface area contributed by atoms with E-state index in [1.165, 1.54) is 4.90 Å². The van der Waals surface area contributed by atoms with Gasteiger partial charge in [0, 0.05) is 31.9 Å². The first-order valence-electron chi connectivity index (χ1n) is 9.58. The fourth-order valence-corrected chi connectivity index (χ4v) is 4.47. The van der Waals surface area contributed by atoms with Gasteiger partial charge in [-0.3, -0.25) is 19.3 Å². The molecule has 0 radical (unpaired) electrons. The average Bonchev–Trinajstić information content (AvgIpc) is 2.94. The van der Waals surface area contributed by atoms with Gasteiger partial charge in [0.05, 0.1) is 11.8 Å². The van der Waals surface area contributed by atoms with E-state index in [1.54, 1.807) is 4.90 Å². The van der Waals surface area contributed by atoms with Crippen molar-refractivity contribution in [3.63, 3.8) is 0 Å². The topological polar surface area (TPSA) is 60.9 Å². The molecule has 2 atom stereocenters. The second-order valence-corrected chi connectivity index (χ2v) is 7.46. The van der Waals surface area contributed by atoms with Gasteiger partial charge in [-0.15, -0.1) is 0 Å². The molecule has 1 aliphatic carbocycles. The van der Waals surface area contributed by atoms with Crippen molar-refractivity contribution in [2.24, 2.45) is 11.8 Å². The number of carbonyl (C=O) groups is 3. The SMILES string of the molecule is O=C(CN1C(=O)[C@H]2CCCC[C@@H]2C1=O)N1CCN(c2ccccc2)CC1. The van der Waals surface area contributed by atoms with Crippen LogP contribution in [-0.4, -0.2) is 60.2 Å². The van der Waals surface area contributed by atoms with E-state index in [0.717, 1.165) is 44.5 Å². The molecule has 3 aliphatic rings. The molecule has 2 heterocycles. The number of benzene rings is 1. The van der Waals surface area contributed by atoms with Gasteiger partial charge in [-0.05, 0) is 25.0 Å². The molecule has 0 spiro atoms. The molecule has 0 aromatic heterocycles. The summed E-state index contributed by atoms with van der Waals surface area (Å²) in [6, 6.07) is 10.2. The monoisotopic (exact) mass is 355 g/mol. The molecule has 2 saturated heterocycles. The molecule has 6 heteroatoms. The molecule has 6 nitrogen and oxygen atoms in total. The molecule has 26 heavy (non-hydrogen) atoms. The fraction of sp³-hybridized carbons (Fsp3) is 0.550. The first-order chi connectivity index (χ1) is 12.6. The van der Waals surface area contributed by atoms with Gasteiger partial charge in [-0.25, -0.2) is 0 Å². The quantitative estimate of drug-likeness (QED) is 0.771. The second kappa shape index (κ2) is 7.09. The predicted molar refractivity (Wildman–Crippen MR) is 97.4 cm³/mol. The highest BCUT2D eigenvalue weighted by Gasteiger charge is 2.48. The van der Waals surface area contributed by atoms with Gasteiger partial charge in [-0.1, -0.05) is 31.0 Å². The maximum atomic E-state index is 12.7. The second-order valence-electron chi connectivity index (χ2n) is 7.46. The summed E-state index contributed by atoms with van der Waals surface area (Å²) in [4.78, 5) is 43.0. The maximum absolute atomic E-state index is 12.7. The Kier molecular flexibility index (Phi) is 4.66. The zero-order valence-electron chi connectivity index (χ0n) is 15.0. The van der Waals surface area contributed by atoms with Gasteiger partial charge >= 0.3 is 0 Å². The van der Waals surface area contributed by atoms with E-state index in [0.29, 0.717) is 13.1 Å². The smallest absolute Gasteiger partial charge is 0.242 e. The number of likely N-dealkylation sites (tertiary alicyclic amines) is 1. The minimum atomic E-state index is -0.182. The highest BCUT2D eigenvalue weighted by molar-refractivity contribution is 6.07. The van der Waals surface area contributed by atoms with Crippen LogP contribution < -0.4 is 4.90 Å². The fourth-order valence-electron chi connectivity index (χ4n) is 4.47. The summed E-state index contributed by atoms with van der Waals surface area (Å²) in [5.74, 6) is -0.733. The molecule has 1 saturated carbocycles. The molecule has 3 amide bonds. The predicted octanol–water partition coefficient (Wildman–Crippen LogP) is 1.51. The Balaban J connectivity index is 1.34. The summed E-state index contributed by atoms with van der Waals surface area (Å²) in [5.41, 5.74) is 1.16. The number of carbonyl (C=O) groups excluding carboxylic acids is 3. The van der Waals surface area contributed by atoms with Gasteiger partial charge in [0.1, 0.15) is 6.54 Å². The minimum Gasteiger partial charge on any atom is -0.368 e. The van der Waals surface area contributed by atoms with E-state index in [9.17, 15) is 14.4 Å². The van der Waals surface area contributed by atoms with Crippen LogP contribution in [0.2, 0.25) is 0 Å². The third kappa shape index (κ3) is 3.08. The molecule has 0 unspecified atom stereocenters. The Morgan fingerprint density at radius 1 is 0.885 bits per heavy atom. The van der Waals surface area contributed by atoms with Crippen LogP contribution in [0.5, 0.6) is 0 Å². The Morgan fingerprint density at radius 2 is 1.46 bits per heavy atom. The van der Waals surface area contributed by atoms with Crippen LogP contribution in [0.4, 0.5) is 5.69 Å². The van der Waals surface area contributed by atoms with Gasteiger partial charge in [-0.2, -0.15) is 0 Å². The third-order valence-corrected chi connectivity index (χ3v) is 5.98. The number of hydrogen-bond acceptors (Lipinski definition) is 4. The van der Waals surface area contributed by atoms with Crippen LogP contribution in [0.25, 0.3) is 0 Å². The van der Waals surface area contributed by atoms with Crippen LogP contribution in [0.1, 0.15) is 25.7 Å². The zero-order valence-corrected chi connectivity index (χ0v) is 15.0.